The first-order chi connectivity index (χ1) is 11.2. The molecule has 1 aliphatic heterocycles. The predicted molar refractivity (Wildman–Crippen MR) is 112 cm³/mol. The first-order valence-corrected chi connectivity index (χ1v) is 8.77. The lowest BCUT2D eigenvalue weighted by Gasteiger charge is -2.36. The molecule has 0 aromatic heterocycles. The minimum absolute atomic E-state index is 0. The van der Waals surface area contributed by atoms with Gasteiger partial charge in [-0.2, -0.15) is 0 Å². The summed E-state index contributed by atoms with van der Waals surface area (Å²) in [7, 11) is 0. The van der Waals surface area contributed by atoms with Crippen LogP contribution in [-0.2, 0) is 5.41 Å². The minimum Gasteiger partial charge on any atom is -0.328 e. The van der Waals surface area contributed by atoms with Gasteiger partial charge in [0.15, 0.2) is 0 Å². The van der Waals surface area contributed by atoms with Gasteiger partial charge in [0.1, 0.15) is 0 Å². The molecule has 0 radical (unpaired) electrons. The lowest BCUT2D eigenvalue weighted by molar-refractivity contribution is 0.200. The SMILES string of the molecule is CC(CCN1CCC(N)CC1)(c1ccccc1)c1ccccc1.Cl.Cl. The summed E-state index contributed by atoms with van der Waals surface area (Å²) in [6.07, 6.45) is 3.40. The van der Waals surface area contributed by atoms with Gasteiger partial charge in [-0.25, -0.2) is 0 Å². The second-order valence-electron chi connectivity index (χ2n) is 6.99. The van der Waals surface area contributed by atoms with Crippen LogP contribution in [0.2, 0.25) is 0 Å². The van der Waals surface area contributed by atoms with Gasteiger partial charge in [-0.05, 0) is 50.0 Å². The molecule has 0 amide bonds. The van der Waals surface area contributed by atoms with Gasteiger partial charge in [0, 0.05) is 11.5 Å². The summed E-state index contributed by atoms with van der Waals surface area (Å²) in [5.74, 6) is 0. The van der Waals surface area contributed by atoms with Gasteiger partial charge >= 0.3 is 0 Å². The topological polar surface area (TPSA) is 29.3 Å². The number of halogens is 2. The van der Waals surface area contributed by atoms with Crippen molar-refractivity contribution in [3.63, 3.8) is 0 Å². The molecular formula is C21H30Cl2N2. The Balaban J connectivity index is 0.00000156. The Labute approximate surface area is 164 Å². The molecule has 0 spiro atoms. The molecule has 0 saturated carbocycles. The Kier molecular flexibility index (Phi) is 8.95. The Bertz CT molecular complexity index is 556. The average molecular weight is 381 g/mol. The van der Waals surface area contributed by atoms with Crippen molar-refractivity contribution in [3.05, 3.63) is 71.8 Å². The Hall–Kier alpha value is -1.06. The third-order valence-electron chi connectivity index (χ3n) is 5.38. The number of nitrogens with two attached hydrogens (primary N) is 1. The highest BCUT2D eigenvalue weighted by Crippen LogP contribution is 2.35. The van der Waals surface area contributed by atoms with Crippen LogP contribution in [-0.4, -0.2) is 30.6 Å². The fourth-order valence-corrected chi connectivity index (χ4v) is 3.63. The van der Waals surface area contributed by atoms with E-state index in [1.54, 1.807) is 0 Å². The normalized spacial score (nSPS) is 15.9. The van der Waals surface area contributed by atoms with Crippen molar-refractivity contribution < 1.29 is 0 Å². The van der Waals surface area contributed by atoms with Crippen molar-refractivity contribution in [2.75, 3.05) is 19.6 Å². The molecule has 0 aliphatic carbocycles. The van der Waals surface area contributed by atoms with Crippen molar-refractivity contribution in [2.45, 2.75) is 37.6 Å². The van der Waals surface area contributed by atoms with E-state index in [1.807, 2.05) is 0 Å². The minimum atomic E-state index is 0. The number of piperidine rings is 1. The van der Waals surface area contributed by atoms with E-state index >= 15 is 0 Å². The number of hydrogen-bond acceptors (Lipinski definition) is 2. The Morgan fingerprint density at radius 1 is 0.880 bits per heavy atom. The van der Waals surface area contributed by atoms with E-state index in [1.165, 1.54) is 11.1 Å². The van der Waals surface area contributed by atoms with Crippen molar-refractivity contribution >= 4 is 24.8 Å². The third kappa shape index (κ3) is 5.46. The van der Waals surface area contributed by atoms with E-state index in [-0.39, 0.29) is 30.2 Å². The van der Waals surface area contributed by atoms with E-state index in [0.717, 1.165) is 38.9 Å². The predicted octanol–water partition coefficient (Wildman–Crippen LogP) is 4.65. The lowest BCUT2D eigenvalue weighted by Crippen LogP contribution is -2.41. The van der Waals surface area contributed by atoms with E-state index in [4.69, 9.17) is 5.73 Å². The van der Waals surface area contributed by atoms with Crippen LogP contribution in [0.15, 0.2) is 60.7 Å². The maximum absolute atomic E-state index is 6.03. The Morgan fingerprint density at radius 2 is 1.32 bits per heavy atom. The molecule has 25 heavy (non-hydrogen) atoms. The molecule has 138 valence electrons. The van der Waals surface area contributed by atoms with E-state index < -0.39 is 0 Å². The number of hydrogen-bond donors (Lipinski definition) is 1. The summed E-state index contributed by atoms with van der Waals surface area (Å²) in [6, 6.07) is 22.2. The molecule has 3 rings (SSSR count). The summed E-state index contributed by atoms with van der Waals surface area (Å²) >= 11 is 0. The van der Waals surface area contributed by atoms with Gasteiger partial charge in [-0.15, -0.1) is 24.8 Å². The van der Waals surface area contributed by atoms with Gasteiger partial charge < -0.3 is 10.6 Å². The number of rotatable bonds is 5. The van der Waals surface area contributed by atoms with Gasteiger partial charge in [-0.3, -0.25) is 0 Å². The largest absolute Gasteiger partial charge is 0.328 e. The third-order valence-corrected chi connectivity index (χ3v) is 5.38. The summed E-state index contributed by atoms with van der Waals surface area (Å²) < 4.78 is 0. The van der Waals surface area contributed by atoms with Crippen molar-refractivity contribution in [1.29, 1.82) is 0 Å². The highest BCUT2D eigenvalue weighted by atomic mass is 35.5. The van der Waals surface area contributed by atoms with Crippen LogP contribution in [0.5, 0.6) is 0 Å². The second kappa shape index (κ2) is 10.2. The summed E-state index contributed by atoms with van der Waals surface area (Å²) in [6.45, 7) is 5.79. The molecule has 2 N–H and O–H groups in total. The van der Waals surface area contributed by atoms with Crippen LogP contribution < -0.4 is 5.73 Å². The molecule has 1 saturated heterocycles. The molecule has 2 aromatic rings. The maximum atomic E-state index is 6.03. The van der Waals surface area contributed by atoms with E-state index in [2.05, 4.69) is 72.5 Å². The highest BCUT2D eigenvalue weighted by Gasteiger charge is 2.29. The van der Waals surface area contributed by atoms with Gasteiger partial charge in [-0.1, -0.05) is 67.6 Å². The number of nitrogens with zero attached hydrogens (tertiary/aromatic N) is 1. The number of benzene rings is 2. The first-order valence-electron chi connectivity index (χ1n) is 8.77. The fourth-order valence-electron chi connectivity index (χ4n) is 3.63. The zero-order chi connectivity index (χ0) is 16.1. The van der Waals surface area contributed by atoms with Crippen LogP contribution in [0.4, 0.5) is 0 Å². The van der Waals surface area contributed by atoms with Crippen LogP contribution in [0.25, 0.3) is 0 Å². The van der Waals surface area contributed by atoms with E-state index in [0.29, 0.717) is 6.04 Å². The molecule has 4 heteroatoms. The van der Waals surface area contributed by atoms with Gasteiger partial charge in [0.2, 0.25) is 0 Å². The fraction of sp³-hybridized carbons (Fsp3) is 0.429. The Morgan fingerprint density at radius 3 is 1.76 bits per heavy atom. The van der Waals surface area contributed by atoms with Crippen LogP contribution in [0, 0.1) is 0 Å². The summed E-state index contributed by atoms with van der Waals surface area (Å²) in [5, 5.41) is 0. The standard InChI is InChI=1S/C21H28N2.2ClH/c1-21(18-8-4-2-5-9-18,19-10-6-3-7-11-19)14-17-23-15-12-20(22)13-16-23;;/h2-11,20H,12-17,22H2,1H3;2*1H. The molecule has 0 bridgehead atoms. The molecular weight excluding hydrogens is 351 g/mol. The lowest BCUT2D eigenvalue weighted by atomic mass is 9.73. The molecule has 1 aliphatic rings. The van der Waals surface area contributed by atoms with Crippen LogP contribution >= 0.6 is 24.8 Å². The smallest absolute Gasteiger partial charge is 0.0186 e. The molecule has 2 aromatic carbocycles. The highest BCUT2D eigenvalue weighted by molar-refractivity contribution is 5.85. The number of likely N-dealkylation sites (tertiary alicyclic amines) is 1. The van der Waals surface area contributed by atoms with Crippen molar-refractivity contribution in [2.24, 2.45) is 5.73 Å². The van der Waals surface area contributed by atoms with Crippen LogP contribution in [0.3, 0.4) is 0 Å². The van der Waals surface area contributed by atoms with Crippen LogP contribution in [0.1, 0.15) is 37.3 Å². The first kappa shape index (κ1) is 22.0. The molecule has 1 fully saturated rings. The summed E-state index contributed by atoms with van der Waals surface area (Å²) in [5.41, 5.74) is 8.90. The molecule has 2 nitrogen and oxygen atoms in total. The molecule has 0 unspecified atom stereocenters. The zero-order valence-electron chi connectivity index (χ0n) is 14.9. The zero-order valence-corrected chi connectivity index (χ0v) is 16.6. The van der Waals surface area contributed by atoms with Crippen molar-refractivity contribution in [3.8, 4) is 0 Å². The average Bonchev–Trinajstić information content (AvgIpc) is 2.62. The second-order valence-corrected chi connectivity index (χ2v) is 6.99. The van der Waals surface area contributed by atoms with E-state index in [9.17, 15) is 0 Å². The maximum Gasteiger partial charge on any atom is 0.0186 e. The van der Waals surface area contributed by atoms with Gasteiger partial charge in [0.05, 0.1) is 0 Å². The van der Waals surface area contributed by atoms with Gasteiger partial charge in [0.25, 0.3) is 0 Å². The summed E-state index contributed by atoms with van der Waals surface area (Å²) in [4.78, 5) is 2.58. The molecule has 0 atom stereocenters. The monoisotopic (exact) mass is 380 g/mol. The quantitative estimate of drug-likeness (QED) is 0.817. The molecule has 1 heterocycles. The van der Waals surface area contributed by atoms with Crippen molar-refractivity contribution in [1.82, 2.24) is 4.90 Å².